The molecule has 1 atom stereocenters. The number of nitrogens with one attached hydrogen (secondary N) is 3. The number of hydrogen-bond acceptors (Lipinski definition) is 5. The molecule has 17 heavy (non-hydrogen) atoms. The molecular formula is C9H21IN4O2S. The van der Waals surface area contributed by atoms with Crippen LogP contribution >= 0.6 is 24.0 Å². The summed E-state index contributed by atoms with van der Waals surface area (Å²) in [4.78, 5) is 4.18. The first-order valence-electron chi connectivity index (χ1n) is 5.44. The molecule has 0 saturated carbocycles. The van der Waals surface area contributed by atoms with Crippen molar-refractivity contribution in [2.45, 2.75) is 32.9 Å². The topological polar surface area (TPSA) is 82.6 Å². The van der Waals surface area contributed by atoms with Gasteiger partial charge in [0.25, 0.3) is 0 Å². The lowest BCUT2D eigenvalue weighted by Crippen LogP contribution is -2.41. The van der Waals surface area contributed by atoms with Crippen LogP contribution in [0.25, 0.3) is 0 Å². The summed E-state index contributed by atoms with van der Waals surface area (Å²) in [7, 11) is -3.18. The molecule has 8 heteroatoms. The molecule has 0 spiro atoms. The van der Waals surface area contributed by atoms with Crippen molar-refractivity contribution in [3.63, 3.8) is 0 Å². The predicted octanol–water partition coefficient (Wildman–Crippen LogP) is -0.130. The van der Waals surface area contributed by atoms with Gasteiger partial charge in [-0.25, -0.2) is 13.1 Å². The van der Waals surface area contributed by atoms with Gasteiger partial charge in [0, 0.05) is 18.6 Å². The molecule has 0 aromatic carbocycles. The highest BCUT2D eigenvalue weighted by atomic mass is 127. The Kier molecular flexibility index (Phi) is 7.33. The minimum Gasteiger partial charge on any atom is -0.355 e. The smallest absolute Gasteiger partial charge is 0.213 e. The van der Waals surface area contributed by atoms with E-state index in [1.165, 1.54) is 0 Å². The second kappa shape index (κ2) is 7.37. The van der Waals surface area contributed by atoms with E-state index in [1.807, 2.05) is 6.92 Å². The van der Waals surface area contributed by atoms with Crippen molar-refractivity contribution in [3.05, 3.63) is 0 Å². The molecule has 0 aliphatic carbocycles. The average molecular weight is 376 g/mol. The molecule has 3 N–H and O–H groups in total. The maximum Gasteiger partial charge on any atom is 0.213 e. The van der Waals surface area contributed by atoms with Crippen molar-refractivity contribution in [1.82, 2.24) is 15.4 Å². The van der Waals surface area contributed by atoms with Crippen LogP contribution in [0.4, 0.5) is 0 Å². The van der Waals surface area contributed by atoms with Crippen LogP contribution in [-0.2, 0) is 10.0 Å². The van der Waals surface area contributed by atoms with E-state index in [4.69, 9.17) is 0 Å². The van der Waals surface area contributed by atoms with Gasteiger partial charge in [0.05, 0.1) is 12.3 Å². The van der Waals surface area contributed by atoms with Crippen molar-refractivity contribution in [1.29, 1.82) is 0 Å². The third kappa shape index (κ3) is 7.04. The van der Waals surface area contributed by atoms with Crippen LogP contribution in [0.5, 0.6) is 0 Å². The number of sulfonamides is 1. The van der Waals surface area contributed by atoms with Crippen molar-refractivity contribution >= 4 is 40.0 Å². The molecule has 1 aliphatic heterocycles. The summed E-state index contributed by atoms with van der Waals surface area (Å²) >= 11 is 0. The van der Waals surface area contributed by atoms with E-state index in [0.717, 1.165) is 6.54 Å². The molecular weight excluding hydrogens is 355 g/mol. The minimum absolute atomic E-state index is 0. The molecule has 6 nitrogen and oxygen atoms in total. The summed E-state index contributed by atoms with van der Waals surface area (Å²) in [5, 5.41) is 6.07. The van der Waals surface area contributed by atoms with Crippen LogP contribution in [0.1, 0.15) is 20.8 Å². The van der Waals surface area contributed by atoms with Gasteiger partial charge in [0.15, 0.2) is 5.96 Å². The Morgan fingerprint density at radius 1 is 1.53 bits per heavy atom. The molecule has 0 saturated heterocycles. The Balaban J connectivity index is 0.00000256. The second-order valence-corrected chi connectivity index (χ2v) is 6.13. The predicted molar refractivity (Wildman–Crippen MR) is 80.4 cm³/mol. The molecule has 0 aromatic rings. The third-order valence-corrected chi connectivity index (χ3v) is 3.56. The van der Waals surface area contributed by atoms with Gasteiger partial charge in [-0.3, -0.25) is 4.99 Å². The highest BCUT2D eigenvalue weighted by molar-refractivity contribution is 14.0. The SMILES string of the molecule is CC(C)NS(=O)(=O)CCNC1=NCC(C)N1.I. The summed E-state index contributed by atoms with van der Waals surface area (Å²) in [5.41, 5.74) is 0. The zero-order valence-corrected chi connectivity index (χ0v) is 13.5. The van der Waals surface area contributed by atoms with Crippen LogP contribution in [0.3, 0.4) is 0 Å². The fourth-order valence-electron chi connectivity index (χ4n) is 1.38. The minimum atomic E-state index is -3.18. The lowest BCUT2D eigenvalue weighted by atomic mass is 10.4. The van der Waals surface area contributed by atoms with Crippen molar-refractivity contribution in [2.24, 2.45) is 4.99 Å². The molecule has 1 heterocycles. The van der Waals surface area contributed by atoms with Crippen molar-refractivity contribution < 1.29 is 8.42 Å². The van der Waals surface area contributed by atoms with Gasteiger partial charge in [-0.05, 0) is 20.8 Å². The highest BCUT2D eigenvalue weighted by Crippen LogP contribution is 1.92. The van der Waals surface area contributed by atoms with Gasteiger partial charge in [-0.15, -0.1) is 24.0 Å². The lowest BCUT2D eigenvalue weighted by molar-refractivity contribution is 0.568. The Labute approximate surface area is 120 Å². The van der Waals surface area contributed by atoms with E-state index >= 15 is 0 Å². The van der Waals surface area contributed by atoms with Crippen LogP contribution in [0, 0.1) is 0 Å². The lowest BCUT2D eigenvalue weighted by Gasteiger charge is -2.11. The molecule has 1 aliphatic rings. The summed E-state index contributed by atoms with van der Waals surface area (Å²) < 4.78 is 25.5. The van der Waals surface area contributed by atoms with Gasteiger partial charge >= 0.3 is 0 Å². The summed E-state index contributed by atoms with van der Waals surface area (Å²) in [6.45, 7) is 6.72. The molecule has 0 radical (unpaired) electrons. The monoisotopic (exact) mass is 376 g/mol. The molecule has 102 valence electrons. The van der Waals surface area contributed by atoms with Crippen LogP contribution in [0.15, 0.2) is 4.99 Å². The standard InChI is InChI=1S/C9H20N4O2S.HI/c1-7(2)13-16(14,15)5-4-10-9-11-6-8(3)12-9;/h7-8,13H,4-6H2,1-3H3,(H2,10,11,12);1H. The van der Waals surface area contributed by atoms with E-state index in [9.17, 15) is 8.42 Å². The number of hydrogen-bond donors (Lipinski definition) is 3. The Hall–Kier alpha value is -0.0900. The largest absolute Gasteiger partial charge is 0.355 e. The van der Waals surface area contributed by atoms with E-state index in [-0.39, 0.29) is 35.8 Å². The summed E-state index contributed by atoms with van der Waals surface area (Å²) in [6.07, 6.45) is 0. The van der Waals surface area contributed by atoms with Crippen LogP contribution in [0.2, 0.25) is 0 Å². The van der Waals surface area contributed by atoms with Crippen LogP contribution in [-0.4, -0.2) is 45.3 Å². The Morgan fingerprint density at radius 2 is 2.18 bits per heavy atom. The first kappa shape index (κ1) is 16.9. The molecule has 0 bridgehead atoms. The van der Waals surface area contributed by atoms with Crippen LogP contribution < -0.4 is 15.4 Å². The van der Waals surface area contributed by atoms with E-state index in [2.05, 4.69) is 20.3 Å². The first-order chi connectivity index (χ1) is 7.39. The van der Waals surface area contributed by atoms with Crippen molar-refractivity contribution in [3.8, 4) is 0 Å². The number of nitrogens with zero attached hydrogens (tertiary/aromatic N) is 1. The van der Waals surface area contributed by atoms with E-state index in [0.29, 0.717) is 18.5 Å². The Bertz CT molecular complexity index is 356. The quantitative estimate of drug-likeness (QED) is 0.584. The fourth-order valence-corrected chi connectivity index (χ4v) is 2.59. The highest BCUT2D eigenvalue weighted by Gasteiger charge is 2.14. The molecule has 0 aromatic heterocycles. The zero-order valence-electron chi connectivity index (χ0n) is 10.4. The number of aliphatic imine (C=N–C) groups is 1. The van der Waals surface area contributed by atoms with E-state index < -0.39 is 10.0 Å². The fraction of sp³-hybridized carbons (Fsp3) is 0.889. The number of halogens is 1. The van der Waals surface area contributed by atoms with Gasteiger partial charge in [-0.1, -0.05) is 0 Å². The third-order valence-electron chi connectivity index (χ3n) is 1.98. The van der Waals surface area contributed by atoms with E-state index in [1.54, 1.807) is 13.8 Å². The van der Waals surface area contributed by atoms with Crippen molar-refractivity contribution in [2.75, 3.05) is 18.8 Å². The summed E-state index contributed by atoms with van der Waals surface area (Å²) in [5.74, 6) is 0.743. The first-order valence-corrected chi connectivity index (χ1v) is 7.09. The normalized spacial score (nSPS) is 19.5. The van der Waals surface area contributed by atoms with Gasteiger partial charge in [-0.2, -0.15) is 0 Å². The van der Waals surface area contributed by atoms with Gasteiger partial charge in [0.1, 0.15) is 0 Å². The number of rotatable bonds is 5. The number of guanidine groups is 1. The second-order valence-electron chi connectivity index (χ2n) is 4.25. The molecule has 1 unspecified atom stereocenters. The molecule has 0 amide bonds. The van der Waals surface area contributed by atoms with Gasteiger partial charge in [0.2, 0.25) is 10.0 Å². The maximum absolute atomic E-state index is 11.5. The molecule has 0 fully saturated rings. The zero-order chi connectivity index (χ0) is 12.2. The maximum atomic E-state index is 11.5. The molecule has 1 rings (SSSR count). The Morgan fingerprint density at radius 3 is 2.65 bits per heavy atom. The summed E-state index contributed by atoms with van der Waals surface area (Å²) in [6, 6.07) is 0.264. The van der Waals surface area contributed by atoms with Gasteiger partial charge < -0.3 is 10.6 Å². The average Bonchev–Trinajstić information content (AvgIpc) is 2.48.